The van der Waals surface area contributed by atoms with Crippen LogP contribution in [0.25, 0.3) is 0 Å². The third kappa shape index (κ3) is 7.44. The van der Waals surface area contributed by atoms with E-state index in [0.29, 0.717) is 25.7 Å². The summed E-state index contributed by atoms with van der Waals surface area (Å²) in [5.74, 6) is -2.90. The molecule has 0 aromatic rings. The standard InChI is InChI=1S/C22H38N4O6/c1-21(2,23)19(29)25-13-9-5-7-11-15(13)31-17(27)18(28)32-16-12-8-6-10-14(16)26-20(30)22(3,4)24/h13-16H,5-12,23-24H2,1-4H3,(H,25,29)(H,26,30). The molecular formula is C22H38N4O6. The van der Waals surface area contributed by atoms with Gasteiger partial charge in [-0.3, -0.25) is 9.59 Å². The highest BCUT2D eigenvalue weighted by Crippen LogP contribution is 2.24. The van der Waals surface area contributed by atoms with Crippen LogP contribution in [-0.2, 0) is 28.7 Å². The van der Waals surface area contributed by atoms with Crippen molar-refractivity contribution in [1.29, 1.82) is 0 Å². The number of hydrogen-bond acceptors (Lipinski definition) is 8. The molecule has 4 atom stereocenters. The maximum atomic E-state index is 12.5. The molecule has 6 N–H and O–H groups in total. The SMILES string of the molecule is CC(C)(N)C(=O)NC1CCCCC1OC(=O)C(=O)OC1CCCCC1NC(=O)C(C)(C)N. The lowest BCUT2D eigenvalue weighted by molar-refractivity contribution is -0.177. The molecule has 0 radical (unpaired) electrons. The van der Waals surface area contributed by atoms with Crippen LogP contribution in [0.3, 0.4) is 0 Å². The molecule has 0 bridgehead atoms. The van der Waals surface area contributed by atoms with Crippen LogP contribution in [0.4, 0.5) is 0 Å². The van der Waals surface area contributed by atoms with Crippen LogP contribution in [0.15, 0.2) is 0 Å². The molecule has 2 saturated carbocycles. The van der Waals surface area contributed by atoms with Crippen molar-refractivity contribution in [2.75, 3.05) is 0 Å². The lowest BCUT2D eigenvalue weighted by Crippen LogP contribution is -2.57. The minimum absolute atomic E-state index is 0.350. The first kappa shape index (κ1) is 26.1. The fourth-order valence-corrected chi connectivity index (χ4v) is 3.89. The van der Waals surface area contributed by atoms with E-state index in [1.54, 1.807) is 27.7 Å². The molecule has 10 nitrogen and oxygen atoms in total. The normalized spacial score (nSPS) is 26.6. The number of rotatable bonds is 6. The fourth-order valence-electron chi connectivity index (χ4n) is 3.89. The van der Waals surface area contributed by atoms with Crippen LogP contribution in [0.1, 0.15) is 79.1 Å². The third-order valence-electron chi connectivity index (χ3n) is 5.89. The van der Waals surface area contributed by atoms with Gasteiger partial charge in [0.1, 0.15) is 12.2 Å². The Labute approximate surface area is 189 Å². The van der Waals surface area contributed by atoms with Crippen molar-refractivity contribution >= 4 is 23.8 Å². The van der Waals surface area contributed by atoms with E-state index in [0.717, 1.165) is 25.7 Å². The number of hydrogen-bond donors (Lipinski definition) is 4. The Morgan fingerprint density at radius 2 is 0.969 bits per heavy atom. The number of carbonyl (C=O) groups is 4. The van der Waals surface area contributed by atoms with Crippen molar-refractivity contribution in [1.82, 2.24) is 10.6 Å². The summed E-state index contributed by atoms with van der Waals surface area (Å²) in [5, 5.41) is 5.65. The van der Waals surface area contributed by atoms with Gasteiger partial charge in [-0.1, -0.05) is 12.8 Å². The molecule has 0 aromatic carbocycles. The van der Waals surface area contributed by atoms with Crippen LogP contribution < -0.4 is 22.1 Å². The Kier molecular flexibility index (Phi) is 8.64. The lowest BCUT2D eigenvalue weighted by atomic mass is 9.91. The number of esters is 2. The molecule has 2 fully saturated rings. The van der Waals surface area contributed by atoms with Crippen LogP contribution in [0.5, 0.6) is 0 Å². The van der Waals surface area contributed by atoms with Gasteiger partial charge in [-0.2, -0.15) is 0 Å². The summed E-state index contributed by atoms with van der Waals surface area (Å²) in [4.78, 5) is 49.4. The van der Waals surface area contributed by atoms with Crippen molar-refractivity contribution in [3.05, 3.63) is 0 Å². The summed E-state index contributed by atoms with van der Waals surface area (Å²) < 4.78 is 10.8. The van der Waals surface area contributed by atoms with E-state index in [9.17, 15) is 19.2 Å². The first-order chi connectivity index (χ1) is 14.8. The molecule has 0 aliphatic heterocycles. The van der Waals surface area contributed by atoms with Crippen molar-refractivity contribution in [2.45, 2.75) is 114 Å². The summed E-state index contributed by atoms with van der Waals surface area (Å²) in [6, 6.07) is -0.825. The largest absolute Gasteiger partial charge is 0.452 e. The van der Waals surface area contributed by atoms with Gasteiger partial charge in [-0.15, -0.1) is 0 Å². The summed E-state index contributed by atoms with van der Waals surface area (Å²) in [6.07, 6.45) is 4.43. The van der Waals surface area contributed by atoms with Gasteiger partial charge in [0.2, 0.25) is 11.8 Å². The number of nitrogens with two attached hydrogens (primary N) is 2. The second-order valence-corrected chi connectivity index (χ2v) is 10.1. The van der Waals surface area contributed by atoms with Crippen molar-refractivity contribution < 1.29 is 28.7 Å². The van der Waals surface area contributed by atoms with E-state index in [-0.39, 0.29) is 11.8 Å². The number of carbonyl (C=O) groups excluding carboxylic acids is 4. The monoisotopic (exact) mass is 454 g/mol. The number of nitrogens with one attached hydrogen (secondary N) is 2. The predicted molar refractivity (Wildman–Crippen MR) is 117 cm³/mol. The van der Waals surface area contributed by atoms with Crippen LogP contribution in [0, 0.1) is 0 Å². The maximum absolute atomic E-state index is 12.5. The van der Waals surface area contributed by atoms with Crippen molar-refractivity contribution in [2.24, 2.45) is 11.5 Å². The van der Waals surface area contributed by atoms with E-state index in [4.69, 9.17) is 20.9 Å². The van der Waals surface area contributed by atoms with Gasteiger partial charge in [0.25, 0.3) is 0 Å². The average Bonchev–Trinajstić information content (AvgIpc) is 2.69. The minimum atomic E-state index is -1.10. The molecule has 32 heavy (non-hydrogen) atoms. The average molecular weight is 455 g/mol. The second-order valence-electron chi connectivity index (χ2n) is 10.1. The Morgan fingerprint density at radius 1 is 0.656 bits per heavy atom. The van der Waals surface area contributed by atoms with Crippen molar-refractivity contribution in [3.63, 3.8) is 0 Å². The van der Waals surface area contributed by atoms with Crippen molar-refractivity contribution in [3.8, 4) is 0 Å². The van der Waals surface area contributed by atoms with E-state index < -0.39 is 47.3 Å². The zero-order chi connectivity index (χ0) is 24.1. The Bertz CT molecular complexity index is 652. The molecule has 182 valence electrons. The van der Waals surface area contributed by atoms with Gasteiger partial charge >= 0.3 is 11.9 Å². The molecular weight excluding hydrogens is 416 g/mol. The minimum Gasteiger partial charge on any atom is -0.452 e. The van der Waals surface area contributed by atoms with Crippen LogP contribution in [0.2, 0.25) is 0 Å². The molecule has 2 aliphatic carbocycles. The van der Waals surface area contributed by atoms with E-state index in [2.05, 4.69) is 10.6 Å². The molecule has 10 heteroatoms. The Morgan fingerprint density at radius 3 is 1.28 bits per heavy atom. The smallest absolute Gasteiger partial charge is 0.417 e. The third-order valence-corrected chi connectivity index (χ3v) is 5.89. The first-order valence-corrected chi connectivity index (χ1v) is 11.4. The molecule has 2 rings (SSSR count). The zero-order valence-electron chi connectivity index (χ0n) is 19.6. The van der Waals surface area contributed by atoms with Crippen LogP contribution >= 0.6 is 0 Å². The van der Waals surface area contributed by atoms with Gasteiger partial charge in [-0.05, 0) is 66.2 Å². The van der Waals surface area contributed by atoms with Gasteiger partial charge in [0.15, 0.2) is 0 Å². The molecule has 2 aliphatic rings. The fraction of sp³-hybridized carbons (Fsp3) is 0.818. The van der Waals surface area contributed by atoms with Gasteiger partial charge in [0, 0.05) is 0 Å². The molecule has 2 amide bonds. The van der Waals surface area contributed by atoms with E-state index >= 15 is 0 Å². The maximum Gasteiger partial charge on any atom is 0.417 e. The molecule has 4 unspecified atom stereocenters. The topological polar surface area (TPSA) is 163 Å². The van der Waals surface area contributed by atoms with Gasteiger partial charge < -0.3 is 31.6 Å². The summed E-state index contributed by atoms with van der Waals surface area (Å²) in [5.41, 5.74) is 9.54. The van der Waals surface area contributed by atoms with Crippen LogP contribution in [-0.4, -0.2) is 59.1 Å². The molecule has 0 spiro atoms. The number of amides is 2. The lowest BCUT2D eigenvalue weighted by Gasteiger charge is -2.34. The zero-order valence-corrected chi connectivity index (χ0v) is 19.6. The molecule has 0 saturated heterocycles. The van der Waals surface area contributed by atoms with E-state index in [1.807, 2.05) is 0 Å². The second kappa shape index (κ2) is 10.6. The quantitative estimate of drug-likeness (QED) is 0.331. The number of ether oxygens (including phenoxy) is 2. The highest BCUT2D eigenvalue weighted by atomic mass is 16.6. The van der Waals surface area contributed by atoms with Gasteiger partial charge in [-0.25, -0.2) is 9.59 Å². The predicted octanol–water partition coefficient (Wildman–Crippen LogP) is 0.402. The summed E-state index contributed by atoms with van der Waals surface area (Å²) in [6.45, 7) is 6.37. The first-order valence-electron chi connectivity index (χ1n) is 11.4. The molecule has 0 heterocycles. The summed E-state index contributed by atoms with van der Waals surface area (Å²) in [7, 11) is 0. The summed E-state index contributed by atoms with van der Waals surface area (Å²) >= 11 is 0. The van der Waals surface area contributed by atoms with E-state index in [1.165, 1.54) is 0 Å². The highest BCUT2D eigenvalue weighted by molar-refractivity contribution is 6.29. The molecule has 0 aromatic heterocycles. The van der Waals surface area contributed by atoms with Gasteiger partial charge in [0.05, 0.1) is 23.2 Å². The highest BCUT2D eigenvalue weighted by Gasteiger charge is 2.37. The Balaban J connectivity index is 1.95. The Hall–Kier alpha value is -2.20.